The molecule has 1 aliphatic heterocycles. The smallest absolute Gasteiger partial charge is 0.407 e. The molecular formula is C21H25BrN2O3. The Morgan fingerprint density at radius 3 is 2.74 bits per heavy atom. The van der Waals surface area contributed by atoms with Crippen LogP contribution in [-0.4, -0.2) is 41.6 Å². The molecule has 2 aromatic rings. The third-order valence-corrected chi connectivity index (χ3v) is 5.20. The first-order valence-electron chi connectivity index (χ1n) is 9.20. The molecule has 5 nitrogen and oxygen atoms in total. The van der Waals surface area contributed by atoms with E-state index in [1.54, 1.807) is 0 Å². The number of carbonyl (C=O) groups is 2. The van der Waals surface area contributed by atoms with E-state index in [-0.39, 0.29) is 11.9 Å². The maximum atomic E-state index is 13.0. The van der Waals surface area contributed by atoms with Crippen molar-refractivity contribution in [1.29, 1.82) is 0 Å². The number of likely N-dealkylation sites (tertiary alicyclic amines) is 1. The van der Waals surface area contributed by atoms with Gasteiger partial charge >= 0.3 is 6.09 Å². The molecule has 2 amide bonds. The van der Waals surface area contributed by atoms with Crippen molar-refractivity contribution in [2.75, 3.05) is 13.1 Å². The minimum atomic E-state index is -0.534. The third-order valence-electron chi connectivity index (χ3n) is 4.50. The Kier molecular flexibility index (Phi) is 5.75. The number of hydrogen-bond acceptors (Lipinski definition) is 3. The molecule has 1 aliphatic rings. The van der Waals surface area contributed by atoms with Crippen molar-refractivity contribution in [3.63, 3.8) is 0 Å². The number of fused-ring (bicyclic) bond motifs is 1. The first-order valence-corrected chi connectivity index (χ1v) is 9.99. The monoisotopic (exact) mass is 432 g/mol. The van der Waals surface area contributed by atoms with Gasteiger partial charge in [0.2, 0.25) is 0 Å². The van der Waals surface area contributed by atoms with Crippen LogP contribution in [0.25, 0.3) is 10.8 Å². The highest BCUT2D eigenvalue weighted by Crippen LogP contribution is 2.25. The van der Waals surface area contributed by atoms with Crippen molar-refractivity contribution in [2.24, 2.45) is 0 Å². The number of ether oxygens (including phenoxy) is 1. The van der Waals surface area contributed by atoms with E-state index in [0.717, 1.165) is 28.1 Å². The largest absolute Gasteiger partial charge is 0.444 e. The van der Waals surface area contributed by atoms with Gasteiger partial charge < -0.3 is 15.0 Å². The van der Waals surface area contributed by atoms with Gasteiger partial charge in [-0.3, -0.25) is 4.79 Å². The lowest BCUT2D eigenvalue weighted by atomic mass is 10.0. The average Bonchev–Trinajstić information content (AvgIpc) is 2.59. The molecule has 27 heavy (non-hydrogen) atoms. The highest BCUT2D eigenvalue weighted by molar-refractivity contribution is 9.10. The Bertz CT molecular complexity index is 860. The van der Waals surface area contributed by atoms with Gasteiger partial charge in [0.05, 0.1) is 0 Å². The normalized spacial score (nSPS) is 17.6. The summed E-state index contributed by atoms with van der Waals surface area (Å²) in [4.78, 5) is 26.8. The molecule has 3 rings (SSSR count). The van der Waals surface area contributed by atoms with Crippen LogP contribution < -0.4 is 5.32 Å². The van der Waals surface area contributed by atoms with Crippen LogP contribution >= 0.6 is 15.9 Å². The zero-order chi connectivity index (χ0) is 19.6. The fourth-order valence-electron chi connectivity index (χ4n) is 3.31. The van der Waals surface area contributed by atoms with Gasteiger partial charge in [0, 0.05) is 29.2 Å². The summed E-state index contributed by atoms with van der Waals surface area (Å²) >= 11 is 3.54. The van der Waals surface area contributed by atoms with Gasteiger partial charge in [0.25, 0.3) is 5.91 Å². The lowest BCUT2D eigenvalue weighted by Crippen LogP contribution is -2.50. The second-order valence-corrected chi connectivity index (χ2v) is 8.77. The van der Waals surface area contributed by atoms with E-state index < -0.39 is 11.7 Å². The Balaban J connectivity index is 1.69. The molecule has 0 aromatic heterocycles. The topological polar surface area (TPSA) is 58.6 Å². The molecule has 0 saturated carbocycles. The Hall–Kier alpha value is -2.08. The van der Waals surface area contributed by atoms with Gasteiger partial charge in [-0.15, -0.1) is 0 Å². The van der Waals surface area contributed by atoms with Gasteiger partial charge in [0.1, 0.15) is 5.60 Å². The van der Waals surface area contributed by atoms with Crippen molar-refractivity contribution in [3.8, 4) is 0 Å². The molecule has 1 atom stereocenters. The quantitative estimate of drug-likeness (QED) is 0.745. The number of rotatable bonds is 2. The number of benzene rings is 2. The number of nitrogens with zero attached hydrogens (tertiary/aromatic N) is 1. The van der Waals surface area contributed by atoms with Crippen molar-refractivity contribution in [2.45, 2.75) is 45.3 Å². The fraction of sp³-hybridized carbons (Fsp3) is 0.429. The Morgan fingerprint density at radius 1 is 1.22 bits per heavy atom. The van der Waals surface area contributed by atoms with Crippen molar-refractivity contribution in [3.05, 3.63) is 46.4 Å². The summed E-state index contributed by atoms with van der Waals surface area (Å²) in [6.07, 6.45) is 1.26. The molecule has 0 aliphatic carbocycles. The fourth-order valence-corrected chi connectivity index (χ4v) is 3.83. The molecule has 0 radical (unpaired) electrons. The van der Waals surface area contributed by atoms with Crippen molar-refractivity contribution >= 4 is 38.7 Å². The second-order valence-electron chi connectivity index (χ2n) is 7.91. The van der Waals surface area contributed by atoms with E-state index in [1.165, 1.54) is 0 Å². The molecule has 2 aromatic carbocycles. The lowest BCUT2D eigenvalue weighted by molar-refractivity contribution is 0.0452. The van der Waals surface area contributed by atoms with Crippen LogP contribution in [0.1, 0.15) is 44.0 Å². The summed E-state index contributed by atoms with van der Waals surface area (Å²) in [5, 5.41) is 4.99. The first kappa shape index (κ1) is 19.7. The molecule has 0 spiro atoms. The molecule has 0 bridgehead atoms. The highest BCUT2D eigenvalue weighted by Gasteiger charge is 2.27. The van der Waals surface area contributed by atoms with Crippen LogP contribution in [0.3, 0.4) is 0 Å². The number of hydrogen-bond donors (Lipinski definition) is 1. The van der Waals surface area contributed by atoms with E-state index in [1.807, 2.05) is 62.1 Å². The number of nitrogens with one attached hydrogen (secondary N) is 1. The summed E-state index contributed by atoms with van der Waals surface area (Å²) in [6, 6.07) is 11.6. The van der Waals surface area contributed by atoms with Crippen LogP contribution in [0.5, 0.6) is 0 Å². The Labute approximate surface area is 168 Å². The number of amides is 2. The van der Waals surface area contributed by atoms with Crippen LogP contribution in [0.2, 0.25) is 0 Å². The number of carbonyl (C=O) groups excluding carboxylic acids is 2. The molecule has 1 N–H and O–H groups in total. The predicted molar refractivity (Wildman–Crippen MR) is 110 cm³/mol. The first-order chi connectivity index (χ1) is 12.7. The lowest BCUT2D eigenvalue weighted by Gasteiger charge is -2.33. The van der Waals surface area contributed by atoms with Gasteiger partial charge in [0.15, 0.2) is 0 Å². The van der Waals surface area contributed by atoms with E-state index in [4.69, 9.17) is 4.74 Å². The van der Waals surface area contributed by atoms with Crippen molar-refractivity contribution in [1.82, 2.24) is 10.2 Å². The van der Waals surface area contributed by atoms with E-state index in [0.29, 0.717) is 18.7 Å². The van der Waals surface area contributed by atoms with Crippen LogP contribution in [0.15, 0.2) is 40.9 Å². The minimum Gasteiger partial charge on any atom is -0.444 e. The predicted octanol–water partition coefficient (Wildman–Crippen LogP) is 4.73. The van der Waals surface area contributed by atoms with Gasteiger partial charge in [-0.05, 0) is 62.6 Å². The SMILES string of the molecule is CC(C)(C)OC(=O)N[C@@H]1CCCN(C(=O)c2ccc3c(Br)cccc3c2)C1. The van der Waals surface area contributed by atoms with Crippen LogP contribution in [0, 0.1) is 0 Å². The molecular weight excluding hydrogens is 408 g/mol. The van der Waals surface area contributed by atoms with Gasteiger partial charge in [-0.1, -0.05) is 34.1 Å². The van der Waals surface area contributed by atoms with Crippen molar-refractivity contribution < 1.29 is 14.3 Å². The second kappa shape index (κ2) is 7.89. The molecule has 1 heterocycles. The summed E-state index contributed by atoms with van der Waals surface area (Å²) in [7, 11) is 0. The zero-order valence-corrected chi connectivity index (χ0v) is 17.5. The number of piperidine rings is 1. The number of alkyl carbamates (subject to hydrolysis) is 1. The molecule has 144 valence electrons. The Morgan fingerprint density at radius 2 is 2.00 bits per heavy atom. The molecule has 6 heteroatoms. The summed E-state index contributed by atoms with van der Waals surface area (Å²) in [5.74, 6) is -0.00688. The highest BCUT2D eigenvalue weighted by atomic mass is 79.9. The summed E-state index contributed by atoms with van der Waals surface area (Å²) < 4.78 is 6.33. The third kappa shape index (κ3) is 5.01. The van der Waals surface area contributed by atoms with Crippen LogP contribution in [-0.2, 0) is 4.74 Å². The zero-order valence-electron chi connectivity index (χ0n) is 15.9. The summed E-state index contributed by atoms with van der Waals surface area (Å²) in [6.45, 7) is 6.69. The molecule has 1 fully saturated rings. The van der Waals surface area contributed by atoms with E-state index in [9.17, 15) is 9.59 Å². The van der Waals surface area contributed by atoms with E-state index in [2.05, 4.69) is 21.2 Å². The maximum Gasteiger partial charge on any atom is 0.407 e. The maximum absolute atomic E-state index is 13.0. The number of halogens is 1. The van der Waals surface area contributed by atoms with Gasteiger partial charge in [-0.2, -0.15) is 0 Å². The summed E-state index contributed by atoms with van der Waals surface area (Å²) in [5.41, 5.74) is 0.131. The minimum absolute atomic E-state index is 0.00688. The molecule has 1 saturated heterocycles. The van der Waals surface area contributed by atoms with Gasteiger partial charge in [-0.25, -0.2) is 4.79 Å². The van der Waals surface area contributed by atoms with E-state index >= 15 is 0 Å². The standard InChI is InChI=1S/C21H25BrN2O3/c1-21(2,3)27-20(26)23-16-7-5-11-24(13-16)19(25)15-9-10-17-14(12-15)6-4-8-18(17)22/h4,6,8-10,12,16H,5,7,11,13H2,1-3H3,(H,23,26)/t16-/m1/s1. The average molecular weight is 433 g/mol. The molecule has 0 unspecified atom stereocenters. The van der Waals surface area contributed by atoms with Crippen LogP contribution in [0.4, 0.5) is 4.79 Å².